The Labute approximate surface area is 148 Å². The molecule has 5 heteroatoms. The fourth-order valence-electron chi connectivity index (χ4n) is 2.96. The summed E-state index contributed by atoms with van der Waals surface area (Å²) in [5.41, 5.74) is 1.13. The minimum absolute atomic E-state index is 0.0348. The largest absolute Gasteiger partial charge is 0.368 e. The molecular formula is C19H31NO3S. The van der Waals surface area contributed by atoms with E-state index >= 15 is 0 Å². The summed E-state index contributed by atoms with van der Waals surface area (Å²) in [5, 5.41) is 10.1. The van der Waals surface area contributed by atoms with Crippen molar-refractivity contribution in [3.05, 3.63) is 35.9 Å². The molecule has 0 amide bonds. The lowest BCUT2D eigenvalue weighted by Gasteiger charge is -2.41. The molecule has 24 heavy (non-hydrogen) atoms. The van der Waals surface area contributed by atoms with Crippen LogP contribution < -0.4 is 0 Å². The Kier molecular flexibility index (Phi) is 6.59. The molecule has 1 heterocycles. The lowest BCUT2D eigenvalue weighted by molar-refractivity contribution is -0.199. The lowest BCUT2D eigenvalue weighted by atomic mass is 9.95. The molecule has 1 aromatic rings. The van der Waals surface area contributed by atoms with Gasteiger partial charge in [-0.25, -0.2) is 8.51 Å². The molecule has 1 aliphatic rings. The van der Waals surface area contributed by atoms with Gasteiger partial charge >= 0.3 is 0 Å². The molecule has 3 unspecified atom stereocenters. The van der Waals surface area contributed by atoms with Crippen LogP contribution in [0.4, 0.5) is 0 Å². The minimum atomic E-state index is -1.16. The highest BCUT2D eigenvalue weighted by Crippen LogP contribution is 2.30. The molecule has 136 valence electrons. The zero-order valence-electron chi connectivity index (χ0n) is 15.4. The fraction of sp³-hybridized carbons (Fsp3) is 0.684. The van der Waals surface area contributed by atoms with Gasteiger partial charge in [0.1, 0.15) is 11.0 Å². The van der Waals surface area contributed by atoms with Crippen LogP contribution in [0, 0.1) is 5.92 Å². The van der Waals surface area contributed by atoms with Gasteiger partial charge in [-0.1, -0.05) is 37.3 Å². The highest BCUT2D eigenvalue weighted by Gasteiger charge is 2.37. The topological polar surface area (TPSA) is 49.8 Å². The van der Waals surface area contributed by atoms with Crippen LogP contribution in [0.2, 0.25) is 0 Å². The Morgan fingerprint density at radius 3 is 2.46 bits per heavy atom. The first kappa shape index (κ1) is 19.6. The van der Waals surface area contributed by atoms with E-state index in [1.165, 1.54) is 0 Å². The van der Waals surface area contributed by atoms with E-state index in [0.717, 1.165) is 18.4 Å². The Balaban J connectivity index is 2.19. The summed E-state index contributed by atoms with van der Waals surface area (Å²) in [6.07, 6.45) is 0.975. The van der Waals surface area contributed by atoms with Crippen molar-refractivity contribution in [1.29, 1.82) is 0 Å². The Morgan fingerprint density at radius 2 is 1.92 bits per heavy atom. The van der Waals surface area contributed by atoms with Gasteiger partial charge < -0.3 is 9.84 Å². The maximum Gasteiger partial charge on any atom is 0.157 e. The third kappa shape index (κ3) is 4.88. The minimum Gasteiger partial charge on any atom is -0.368 e. The molecule has 0 bridgehead atoms. The summed E-state index contributed by atoms with van der Waals surface area (Å²) in [7, 11) is -1.16. The molecule has 0 aromatic heterocycles. The molecule has 1 fully saturated rings. The van der Waals surface area contributed by atoms with E-state index in [1.54, 1.807) is 0 Å². The van der Waals surface area contributed by atoms with E-state index in [1.807, 2.05) is 50.2 Å². The molecule has 0 radical (unpaired) electrons. The van der Waals surface area contributed by atoms with Crippen LogP contribution >= 0.6 is 0 Å². The monoisotopic (exact) mass is 353 g/mol. The molecule has 0 aliphatic carbocycles. The first-order chi connectivity index (χ1) is 11.2. The summed E-state index contributed by atoms with van der Waals surface area (Å²) < 4.78 is 20.6. The van der Waals surface area contributed by atoms with E-state index in [9.17, 15) is 9.32 Å². The van der Waals surface area contributed by atoms with Gasteiger partial charge in [-0.15, -0.1) is 0 Å². The summed E-state index contributed by atoms with van der Waals surface area (Å²) >= 11 is 0. The van der Waals surface area contributed by atoms with E-state index in [0.29, 0.717) is 6.54 Å². The molecule has 1 saturated heterocycles. The van der Waals surface area contributed by atoms with E-state index in [2.05, 4.69) is 19.1 Å². The van der Waals surface area contributed by atoms with Crippen molar-refractivity contribution in [2.24, 2.45) is 5.92 Å². The lowest BCUT2D eigenvalue weighted by Crippen LogP contribution is -2.50. The highest BCUT2D eigenvalue weighted by molar-refractivity contribution is 7.84. The van der Waals surface area contributed by atoms with Gasteiger partial charge in [-0.05, 0) is 46.1 Å². The van der Waals surface area contributed by atoms with Gasteiger partial charge in [0.15, 0.2) is 6.29 Å². The van der Waals surface area contributed by atoms with Gasteiger partial charge in [0.05, 0.1) is 10.9 Å². The molecule has 0 saturated carbocycles. The van der Waals surface area contributed by atoms with Crippen LogP contribution in [0.5, 0.6) is 0 Å². The first-order valence-corrected chi connectivity index (χ1v) is 9.87. The van der Waals surface area contributed by atoms with Crippen molar-refractivity contribution in [2.75, 3.05) is 0 Å². The van der Waals surface area contributed by atoms with E-state index in [-0.39, 0.29) is 22.8 Å². The molecule has 0 spiro atoms. The molecule has 1 aromatic carbocycles. The van der Waals surface area contributed by atoms with E-state index in [4.69, 9.17) is 4.74 Å². The van der Waals surface area contributed by atoms with Gasteiger partial charge in [0, 0.05) is 18.5 Å². The van der Waals surface area contributed by atoms with Crippen molar-refractivity contribution in [3.63, 3.8) is 0 Å². The Morgan fingerprint density at radius 1 is 1.29 bits per heavy atom. The maximum absolute atomic E-state index is 13.1. The number of benzene rings is 1. The second-order valence-corrected chi connectivity index (χ2v) is 9.97. The summed E-state index contributed by atoms with van der Waals surface area (Å²) in [6, 6.07) is 10.1. The fourth-order valence-corrected chi connectivity index (χ4v) is 4.37. The number of aliphatic hydroxyl groups excluding tert-OH is 1. The zero-order valence-corrected chi connectivity index (χ0v) is 16.3. The predicted octanol–water partition coefficient (Wildman–Crippen LogP) is 3.47. The third-order valence-electron chi connectivity index (χ3n) is 4.62. The van der Waals surface area contributed by atoms with Crippen LogP contribution in [0.25, 0.3) is 0 Å². The second-order valence-electron chi connectivity index (χ2n) is 7.78. The smallest absolute Gasteiger partial charge is 0.157 e. The van der Waals surface area contributed by atoms with Crippen LogP contribution in [-0.2, 0) is 22.3 Å². The second kappa shape index (κ2) is 8.09. The van der Waals surface area contributed by atoms with Gasteiger partial charge in [-0.2, -0.15) is 0 Å². The molecule has 4 nitrogen and oxygen atoms in total. The number of aliphatic hydroxyl groups is 1. The Bertz CT molecular complexity index is 543. The SMILES string of the molecule is CC1CC[C@@H]([C@H](C)N(Cc2ccccc2)S(=O)C(C)(C)C)OC1O. The molecule has 5 atom stereocenters. The third-order valence-corrected chi connectivity index (χ3v) is 6.55. The number of hydrogen-bond acceptors (Lipinski definition) is 3. The van der Waals surface area contributed by atoms with Crippen molar-refractivity contribution in [2.45, 2.75) is 77.2 Å². The number of nitrogens with zero attached hydrogens (tertiary/aromatic N) is 1. The molecular weight excluding hydrogens is 322 g/mol. The van der Waals surface area contributed by atoms with Gasteiger partial charge in [-0.3, -0.25) is 0 Å². The van der Waals surface area contributed by atoms with Crippen LogP contribution in [0.15, 0.2) is 30.3 Å². The van der Waals surface area contributed by atoms with Crippen molar-refractivity contribution >= 4 is 11.0 Å². The average Bonchev–Trinajstić information content (AvgIpc) is 2.54. The van der Waals surface area contributed by atoms with Crippen molar-refractivity contribution in [3.8, 4) is 0 Å². The maximum atomic E-state index is 13.1. The quantitative estimate of drug-likeness (QED) is 0.882. The zero-order chi connectivity index (χ0) is 17.9. The van der Waals surface area contributed by atoms with Gasteiger partial charge in [0.25, 0.3) is 0 Å². The van der Waals surface area contributed by atoms with Crippen LogP contribution in [0.3, 0.4) is 0 Å². The van der Waals surface area contributed by atoms with Crippen LogP contribution in [-0.4, -0.2) is 36.8 Å². The summed E-state index contributed by atoms with van der Waals surface area (Å²) in [4.78, 5) is 0. The average molecular weight is 354 g/mol. The predicted molar refractivity (Wildman–Crippen MR) is 98.6 cm³/mol. The highest BCUT2D eigenvalue weighted by atomic mass is 32.2. The standard InChI is InChI=1S/C19H31NO3S/c1-14-11-12-17(23-18(14)21)15(2)20(24(22)19(3,4)5)13-16-9-7-6-8-10-16/h6-10,14-15,17-18,21H,11-13H2,1-5H3/t14?,15-,17-,18?,24?/m0/s1. The Hall–Kier alpha value is -0.750. The van der Waals surface area contributed by atoms with Gasteiger partial charge in [0.2, 0.25) is 0 Å². The number of ether oxygens (including phenoxy) is 1. The first-order valence-electron chi connectivity index (χ1n) is 8.76. The summed E-state index contributed by atoms with van der Waals surface area (Å²) in [5.74, 6) is 0.157. The molecule has 1 aliphatic heterocycles. The number of rotatable bonds is 5. The van der Waals surface area contributed by atoms with Crippen molar-refractivity contribution < 1.29 is 14.1 Å². The van der Waals surface area contributed by atoms with Crippen molar-refractivity contribution in [1.82, 2.24) is 4.31 Å². The summed E-state index contributed by atoms with van der Waals surface area (Å²) in [6.45, 7) is 10.6. The molecule has 1 N–H and O–H groups in total. The van der Waals surface area contributed by atoms with Crippen LogP contribution in [0.1, 0.15) is 53.0 Å². The number of hydrogen-bond donors (Lipinski definition) is 1. The van der Waals surface area contributed by atoms with E-state index < -0.39 is 17.3 Å². The normalized spacial score (nSPS) is 27.9. The molecule has 2 rings (SSSR count).